The Labute approximate surface area is 569 Å². The van der Waals surface area contributed by atoms with Crippen molar-refractivity contribution in [1.29, 1.82) is 0 Å². The van der Waals surface area contributed by atoms with Gasteiger partial charge >= 0.3 is 17.9 Å². The molecule has 10 atom stereocenters. The number of carboxylic acid groups (broad SMARTS) is 3. The Hall–Kier alpha value is -11.2. The molecule has 23 N–H and O–H groups in total. The molecule has 0 aliphatic carbocycles. The van der Waals surface area contributed by atoms with E-state index in [9.17, 15) is 87.5 Å². The first kappa shape index (κ1) is 80.2. The van der Waals surface area contributed by atoms with Crippen LogP contribution in [0.5, 0.6) is 5.75 Å². The molecule has 0 unspecified atom stereocenters. The number of carbonyl (C=O) groups is 14. The highest BCUT2D eigenvalue weighted by Gasteiger charge is 2.36. The van der Waals surface area contributed by atoms with Crippen molar-refractivity contribution in [3.63, 3.8) is 0 Å². The fourth-order valence-electron chi connectivity index (χ4n) is 10.1. The molecular formula is C65H90N16O18. The van der Waals surface area contributed by atoms with Gasteiger partial charge in [-0.05, 0) is 93.2 Å². The smallest absolute Gasteiger partial charge is 0.326 e. The lowest BCUT2D eigenvalue weighted by Crippen LogP contribution is -2.60. The summed E-state index contributed by atoms with van der Waals surface area (Å²) in [7, 11) is 0. The van der Waals surface area contributed by atoms with Gasteiger partial charge in [-0.3, -0.25) is 67.3 Å². The van der Waals surface area contributed by atoms with Gasteiger partial charge in [0.2, 0.25) is 65.0 Å². The van der Waals surface area contributed by atoms with Crippen LogP contribution >= 0.6 is 0 Å². The predicted molar refractivity (Wildman–Crippen MR) is 357 cm³/mol. The fourth-order valence-corrected chi connectivity index (χ4v) is 10.1. The maximum Gasteiger partial charge on any atom is 0.326 e. The van der Waals surface area contributed by atoms with E-state index in [1.54, 1.807) is 74.6 Å². The number of phenolic OH excluding ortho intramolecular Hbond substituents is 1. The summed E-state index contributed by atoms with van der Waals surface area (Å²) in [6.45, 7) is 5.75. The third-order valence-corrected chi connectivity index (χ3v) is 15.3. The number of aromatic nitrogens is 1. The van der Waals surface area contributed by atoms with Crippen molar-refractivity contribution in [3.8, 4) is 5.75 Å². The number of phenols is 1. The number of H-pyrrole nitrogens is 1. The number of fused-ring (bicyclic) bond motifs is 1. The van der Waals surface area contributed by atoms with Gasteiger partial charge in [0.05, 0.1) is 0 Å². The van der Waals surface area contributed by atoms with Crippen LogP contribution in [-0.2, 0) is 86.4 Å². The second-order valence-corrected chi connectivity index (χ2v) is 24.0. The number of hydrogen-bond acceptors (Lipinski definition) is 17. The number of nitrogens with one attached hydrogen (secondary N) is 11. The minimum Gasteiger partial charge on any atom is -0.508 e. The van der Waals surface area contributed by atoms with Gasteiger partial charge in [-0.25, -0.2) is 4.79 Å². The van der Waals surface area contributed by atoms with Gasteiger partial charge in [0.1, 0.15) is 66.2 Å². The Morgan fingerprint density at radius 2 is 0.869 bits per heavy atom. The van der Waals surface area contributed by atoms with Crippen LogP contribution in [0.3, 0.4) is 0 Å². The highest BCUT2D eigenvalue weighted by atomic mass is 16.4. The second kappa shape index (κ2) is 40.4. The number of carbonyl (C=O) groups excluding carboxylic acids is 11. The molecular weight excluding hydrogens is 1290 g/mol. The molecule has 1 heterocycles. The van der Waals surface area contributed by atoms with Crippen LogP contribution in [-0.4, -0.2) is 188 Å². The summed E-state index contributed by atoms with van der Waals surface area (Å²) in [4.78, 5) is 195. The van der Waals surface area contributed by atoms with E-state index in [2.05, 4.69) is 63.1 Å². The van der Waals surface area contributed by atoms with Crippen molar-refractivity contribution in [1.82, 2.24) is 58.2 Å². The lowest BCUT2D eigenvalue weighted by Gasteiger charge is -2.27. The van der Waals surface area contributed by atoms with Crippen molar-refractivity contribution in [3.05, 3.63) is 102 Å². The first-order valence-electron chi connectivity index (χ1n) is 31.9. The number of aromatic hydroxyl groups is 1. The quantitative estimate of drug-likeness (QED) is 0.0122. The van der Waals surface area contributed by atoms with Crippen LogP contribution in [0.1, 0.15) is 109 Å². The Balaban J connectivity index is 1.56. The summed E-state index contributed by atoms with van der Waals surface area (Å²) in [6, 6.07) is 5.38. The topological polar surface area (TPSA) is 572 Å². The van der Waals surface area contributed by atoms with Gasteiger partial charge in [0, 0.05) is 75.1 Å². The predicted octanol–water partition coefficient (Wildman–Crippen LogP) is -2.68. The average molecular weight is 1380 g/mol. The van der Waals surface area contributed by atoms with Crippen LogP contribution in [0.4, 0.5) is 0 Å². The van der Waals surface area contributed by atoms with Crippen LogP contribution < -0.4 is 76.1 Å². The Kier molecular flexibility index (Phi) is 32.7. The summed E-state index contributed by atoms with van der Waals surface area (Å²) in [6.07, 6.45) is -2.84. The lowest BCUT2D eigenvalue weighted by molar-refractivity contribution is -0.143. The summed E-state index contributed by atoms with van der Waals surface area (Å²) < 4.78 is 0. The first-order chi connectivity index (χ1) is 46.8. The molecule has 34 heteroatoms. The van der Waals surface area contributed by atoms with E-state index in [-0.39, 0.29) is 75.7 Å². The van der Waals surface area contributed by atoms with Crippen molar-refractivity contribution in [2.75, 3.05) is 13.1 Å². The number of aromatic amines is 1. The number of aliphatic carboxylic acids is 3. The largest absolute Gasteiger partial charge is 0.508 e. The maximum atomic E-state index is 14.5. The number of hydrogen-bond donors (Lipinski definition) is 19. The molecule has 99 heavy (non-hydrogen) atoms. The minimum absolute atomic E-state index is 0.0441. The second-order valence-electron chi connectivity index (χ2n) is 24.0. The first-order valence-corrected chi connectivity index (χ1v) is 31.9. The molecule has 0 spiro atoms. The highest BCUT2D eigenvalue weighted by Crippen LogP contribution is 2.20. The third-order valence-electron chi connectivity index (χ3n) is 15.3. The van der Waals surface area contributed by atoms with Gasteiger partial charge < -0.3 is 102 Å². The number of benzene rings is 3. The number of primary amides is 1. The van der Waals surface area contributed by atoms with Gasteiger partial charge in [-0.15, -0.1) is 0 Å². The van der Waals surface area contributed by atoms with E-state index in [4.69, 9.17) is 22.9 Å². The van der Waals surface area contributed by atoms with Gasteiger partial charge in [0.25, 0.3) is 0 Å². The summed E-state index contributed by atoms with van der Waals surface area (Å²) in [5.74, 6) is -15.5. The molecule has 3 aromatic carbocycles. The van der Waals surface area contributed by atoms with E-state index < -0.39 is 182 Å². The SMILES string of the molecule is CC(C)C[C@H](NC(=O)[C@H](Cc1ccccc1)NC(=O)[C@H](CCCN=C(N)N)NC(=O)[C@H](CCC(N)=O)NC(=O)[C@H](Cc1ccc(O)cc1)NC(=O)[C@H](C)NC(=O)[C@H](C)NC(=O)[C@H](CCC(=O)O)NC(=O)[C@H](CCC(=O)O)NC(=O)[C@H](Cc1c[nH]c2ccccc12)NC(=O)CCN)C(=O)O. The zero-order chi connectivity index (χ0) is 73.5. The molecule has 0 fully saturated rings. The molecule has 0 radical (unpaired) electrons. The number of nitrogens with two attached hydrogens (primary N) is 4. The van der Waals surface area contributed by atoms with Crippen LogP contribution in [0, 0.1) is 5.92 Å². The lowest BCUT2D eigenvalue weighted by atomic mass is 10.0. The molecule has 34 nitrogen and oxygen atoms in total. The molecule has 0 aliphatic rings. The molecule has 0 bridgehead atoms. The summed E-state index contributed by atoms with van der Waals surface area (Å²) in [5, 5.41) is 64.6. The van der Waals surface area contributed by atoms with E-state index in [1.807, 2.05) is 0 Å². The van der Waals surface area contributed by atoms with E-state index >= 15 is 0 Å². The fraction of sp³-hybridized carbons (Fsp3) is 0.462. The average Bonchev–Trinajstić information content (AvgIpc) is 1.55. The standard InChI is InChI=1S/C65H90N16O18/c1-34(2)29-50(64(98)99)81-62(96)48(30-37-11-6-5-7-12-37)80-58(92)43(15-10-28-70-65(68)69)75-59(93)44(20-23-51(67)83)77-61(95)47(31-38-16-18-40(82)19-17-38)79-56(90)36(4)72-55(89)35(3)73-57(91)45(21-24-53(85)86)76-60(94)46(22-25-54(87)88)78-63(97)49(74-52(84)26-27-66)32-39-33-71-42-14-9-8-13-41(39)42/h5-9,11-14,16-19,33-36,43-50,71,82H,10,15,20-32,66H2,1-4H3,(H2,67,83)(H,72,89)(H,73,91)(H,74,84)(H,75,93)(H,76,94)(H,77,95)(H,78,97)(H,79,90)(H,80,92)(H,81,96)(H,85,86)(H,87,88)(H,98,99)(H4,68,69,70)/t35-,36-,43-,44-,45-,46-,47-,48-,49-,50-/m0/s1. The number of aliphatic imine (C=N–C) groups is 1. The Morgan fingerprint density at radius 3 is 1.35 bits per heavy atom. The van der Waals surface area contributed by atoms with Gasteiger partial charge in [0.15, 0.2) is 5.96 Å². The molecule has 0 saturated carbocycles. The molecule has 0 aliphatic heterocycles. The number of amides is 11. The summed E-state index contributed by atoms with van der Waals surface area (Å²) in [5.41, 5.74) is 24.3. The molecule has 11 amide bonds. The normalized spacial score (nSPS) is 14.0. The van der Waals surface area contributed by atoms with Crippen molar-refractivity contribution in [2.45, 2.75) is 172 Å². The molecule has 4 aromatic rings. The van der Waals surface area contributed by atoms with Crippen molar-refractivity contribution >= 4 is 99.7 Å². The van der Waals surface area contributed by atoms with E-state index in [1.165, 1.54) is 38.1 Å². The molecule has 1 aromatic heterocycles. The van der Waals surface area contributed by atoms with Gasteiger partial charge in [-0.1, -0.05) is 74.5 Å². The number of carboxylic acids is 3. The van der Waals surface area contributed by atoms with Crippen LogP contribution in [0.25, 0.3) is 10.9 Å². The third kappa shape index (κ3) is 28.6. The van der Waals surface area contributed by atoms with Crippen LogP contribution in [0.15, 0.2) is 90.1 Å². The Bertz CT molecular complexity index is 3510. The monoisotopic (exact) mass is 1380 g/mol. The molecule has 4 rings (SSSR count). The Morgan fingerprint density at radius 1 is 0.455 bits per heavy atom. The highest BCUT2D eigenvalue weighted by molar-refractivity contribution is 5.99. The van der Waals surface area contributed by atoms with Crippen LogP contribution in [0.2, 0.25) is 0 Å². The minimum atomic E-state index is -1.75. The zero-order valence-electron chi connectivity index (χ0n) is 55.3. The van der Waals surface area contributed by atoms with Gasteiger partial charge in [-0.2, -0.15) is 0 Å². The molecule has 0 saturated heterocycles. The number of guanidine groups is 1. The number of nitrogens with zero attached hydrogens (tertiary/aromatic N) is 1. The number of para-hydroxylation sites is 1. The summed E-state index contributed by atoms with van der Waals surface area (Å²) >= 11 is 0. The van der Waals surface area contributed by atoms with E-state index in [0.717, 1.165) is 0 Å². The number of rotatable bonds is 43. The van der Waals surface area contributed by atoms with Crippen molar-refractivity contribution < 1.29 is 87.5 Å². The van der Waals surface area contributed by atoms with Crippen molar-refractivity contribution in [2.24, 2.45) is 33.8 Å². The zero-order valence-corrected chi connectivity index (χ0v) is 55.3. The molecule has 538 valence electrons. The maximum absolute atomic E-state index is 14.5. The van der Waals surface area contributed by atoms with E-state index in [0.29, 0.717) is 27.6 Å².